The summed E-state index contributed by atoms with van der Waals surface area (Å²) in [6.45, 7) is 2.44. The lowest BCUT2D eigenvalue weighted by molar-refractivity contribution is 0.0930. The highest BCUT2D eigenvalue weighted by atomic mass is 19.1. The fourth-order valence-electron chi connectivity index (χ4n) is 2.66. The van der Waals surface area contributed by atoms with Crippen LogP contribution in [-0.2, 0) is 9.47 Å². The molecule has 0 bridgehead atoms. The van der Waals surface area contributed by atoms with Crippen LogP contribution in [0.5, 0.6) is 0 Å². The first-order valence-corrected chi connectivity index (χ1v) is 7.33. The summed E-state index contributed by atoms with van der Waals surface area (Å²) in [5, 5.41) is 0. The summed E-state index contributed by atoms with van der Waals surface area (Å²) in [6, 6.07) is 4.58. The predicted molar refractivity (Wildman–Crippen MR) is 82.3 cm³/mol. The van der Waals surface area contributed by atoms with Crippen molar-refractivity contribution in [1.82, 2.24) is 0 Å². The number of hydrogen-bond acceptors (Lipinski definition) is 7. The Morgan fingerprint density at radius 1 is 1.22 bits per heavy atom. The van der Waals surface area contributed by atoms with Gasteiger partial charge >= 0.3 is 6.09 Å². The highest BCUT2D eigenvalue weighted by molar-refractivity contribution is 5.90. The largest absolute Gasteiger partial charge is 0.439 e. The average Bonchev–Trinajstić information content (AvgIpc) is 2.90. The lowest BCUT2D eigenvalue weighted by Crippen LogP contribution is -2.67. The smallest absolute Gasteiger partial charge is 0.414 e. The molecule has 1 atom stereocenters. The average molecular weight is 325 g/mol. The number of cyclic esters (lactones) is 1. The second-order valence-corrected chi connectivity index (χ2v) is 5.72. The number of amides is 1. The van der Waals surface area contributed by atoms with E-state index in [9.17, 15) is 9.18 Å². The van der Waals surface area contributed by atoms with Gasteiger partial charge in [0.2, 0.25) is 0 Å². The first-order valence-electron chi connectivity index (χ1n) is 7.33. The Balaban J connectivity index is 1.79. The second kappa shape index (κ2) is 5.93. The molecule has 2 saturated heterocycles. The molecule has 8 nitrogen and oxygen atoms in total. The van der Waals surface area contributed by atoms with Crippen LogP contribution in [0.3, 0.4) is 0 Å². The number of morpholine rings is 1. The fourth-order valence-corrected chi connectivity index (χ4v) is 2.66. The van der Waals surface area contributed by atoms with E-state index >= 15 is 0 Å². The van der Waals surface area contributed by atoms with Crippen molar-refractivity contribution >= 4 is 17.5 Å². The Hall–Kier alpha value is -1.94. The zero-order chi connectivity index (χ0) is 16.6. The number of hydrogen-bond donors (Lipinski definition) is 3. The molecule has 23 heavy (non-hydrogen) atoms. The maximum atomic E-state index is 14.4. The molecular weight excluding hydrogens is 305 g/mol. The van der Waals surface area contributed by atoms with Crippen molar-refractivity contribution in [2.45, 2.75) is 11.9 Å². The van der Waals surface area contributed by atoms with Gasteiger partial charge in [-0.05, 0) is 18.2 Å². The lowest BCUT2D eigenvalue weighted by Gasteiger charge is -2.29. The number of anilines is 2. The van der Waals surface area contributed by atoms with Gasteiger partial charge in [0.1, 0.15) is 5.82 Å². The number of halogens is 1. The van der Waals surface area contributed by atoms with Crippen LogP contribution in [0, 0.1) is 5.82 Å². The van der Waals surface area contributed by atoms with Gasteiger partial charge in [-0.3, -0.25) is 22.1 Å². The van der Waals surface area contributed by atoms with Crippen molar-refractivity contribution in [2.75, 3.05) is 42.6 Å². The molecule has 1 aromatic carbocycles. The minimum Gasteiger partial charge on any atom is -0.439 e. The van der Waals surface area contributed by atoms with E-state index < -0.39 is 23.8 Å². The number of ether oxygens (including phenoxy) is 2. The van der Waals surface area contributed by atoms with Gasteiger partial charge < -0.3 is 14.4 Å². The molecule has 2 fully saturated rings. The van der Waals surface area contributed by atoms with Crippen molar-refractivity contribution in [3.8, 4) is 0 Å². The molecule has 0 spiro atoms. The van der Waals surface area contributed by atoms with E-state index in [2.05, 4.69) is 0 Å². The molecule has 0 unspecified atom stereocenters. The summed E-state index contributed by atoms with van der Waals surface area (Å²) in [5.41, 5.74) is 17.5. The lowest BCUT2D eigenvalue weighted by atomic mass is 10.2. The summed E-state index contributed by atoms with van der Waals surface area (Å²) in [7, 11) is 0. The van der Waals surface area contributed by atoms with Crippen molar-refractivity contribution in [1.29, 1.82) is 0 Å². The monoisotopic (exact) mass is 325 g/mol. The molecule has 1 aromatic rings. The number of benzene rings is 1. The molecule has 0 aromatic heterocycles. The van der Waals surface area contributed by atoms with E-state index in [1.165, 1.54) is 11.0 Å². The van der Waals surface area contributed by atoms with Crippen molar-refractivity contribution in [2.24, 2.45) is 17.2 Å². The second-order valence-electron chi connectivity index (χ2n) is 5.72. The van der Waals surface area contributed by atoms with Crippen LogP contribution in [0.2, 0.25) is 0 Å². The summed E-state index contributed by atoms with van der Waals surface area (Å²) < 4.78 is 24.7. The zero-order valence-corrected chi connectivity index (χ0v) is 12.6. The fraction of sp³-hybridized carbons (Fsp3) is 0.500. The van der Waals surface area contributed by atoms with Crippen LogP contribution in [0.1, 0.15) is 0 Å². The molecule has 3 rings (SSSR count). The summed E-state index contributed by atoms with van der Waals surface area (Å²) >= 11 is 0. The molecule has 0 aliphatic carbocycles. The van der Waals surface area contributed by atoms with Crippen molar-refractivity contribution in [3.05, 3.63) is 24.0 Å². The molecule has 9 heteroatoms. The standard InChI is InChI=1S/C14H20FN5O3/c15-10-7-9(1-2-11(10)19-3-5-22-6-4-19)20-8-12(14(16,17)18)23-13(20)21/h1-2,7,12H,3-6,8,16-18H2/t12-/m1/s1. The number of nitrogens with zero attached hydrogens (tertiary/aromatic N) is 2. The third-order valence-electron chi connectivity index (χ3n) is 3.96. The first-order chi connectivity index (χ1) is 10.9. The number of carbonyl (C=O) groups is 1. The van der Waals surface area contributed by atoms with Gasteiger partial charge in [0.25, 0.3) is 0 Å². The van der Waals surface area contributed by atoms with Crippen molar-refractivity contribution < 1.29 is 18.7 Å². The third kappa shape index (κ3) is 3.22. The van der Waals surface area contributed by atoms with Gasteiger partial charge in [-0.15, -0.1) is 0 Å². The summed E-state index contributed by atoms with van der Waals surface area (Å²) in [4.78, 5) is 15.1. The Morgan fingerprint density at radius 3 is 2.48 bits per heavy atom. The molecule has 126 valence electrons. The zero-order valence-electron chi connectivity index (χ0n) is 12.6. The number of carbonyl (C=O) groups excluding carboxylic acids is 1. The van der Waals surface area contributed by atoms with Gasteiger partial charge in [0.15, 0.2) is 11.9 Å². The van der Waals surface area contributed by atoms with Crippen molar-refractivity contribution in [3.63, 3.8) is 0 Å². The van der Waals surface area contributed by atoms with Gasteiger partial charge in [-0.25, -0.2) is 9.18 Å². The summed E-state index contributed by atoms with van der Waals surface area (Å²) in [5.74, 6) is -2.06. The van der Waals surface area contributed by atoms with E-state index in [0.717, 1.165) is 0 Å². The first kappa shape index (κ1) is 15.9. The van der Waals surface area contributed by atoms with Crippen LogP contribution in [0.15, 0.2) is 18.2 Å². The highest BCUT2D eigenvalue weighted by Gasteiger charge is 2.41. The Labute approximate surface area is 132 Å². The molecule has 2 aliphatic rings. The number of rotatable bonds is 3. The van der Waals surface area contributed by atoms with E-state index in [1.807, 2.05) is 4.90 Å². The molecular formula is C14H20FN5O3. The SMILES string of the molecule is NC(N)(N)[C@H]1CN(c2ccc(N3CCOCC3)c(F)c2)C(=O)O1. The minimum atomic E-state index is -1.64. The number of nitrogens with two attached hydrogens (primary N) is 3. The quantitative estimate of drug-likeness (QED) is 0.642. The normalized spacial score (nSPS) is 22.4. The minimum absolute atomic E-state index is 0.0681. The van der Waals surface area contributed by atoms with Crippen LogP contribution in [0.25, 0.3) is 0 Å². The topological polar surface area (TPSA) is 120 Å². The van der Waals surface area contributed by atoms with Gasteiger partial charge in [0, 0.05) is 13.1 Å². The van der Waals surface area contributed by atoms with Gasteiger partial charge in [-0.2, -0.15) is 0 Å². The molecule has 1 amide bonds. The Bertz CT molecular complexity index is 601. The van der Waals surface area contributed by atoms with E-state index in [-0.39, 0.29) is 6.54 Å². The van der Waals surface area contributed by atoms with Gasteiger partial charge in [-0.1, -0.05) is 0 Å². The molecule has 0 saturated carbocycles. The van der Waals surface area contributed by atoms with Crippen LogP contribution in [0.4, 0.5) is 20.6 Å². The van der Waals surface area contributed by atoms with Crippen LogP contribution < -0.4 is 27.0 Å². The molecule has 0 radical (unpaired) electrons. The maximum absolute atomic E-state index is 14.4. The van der Waals surface area contributed by atoms with E-state index in [0.29, 0.717) is 37.7 Å². The van der Waals surface area contributed by atoms with E-state index in [1.54, 1.807) is 12.1 Å². The molecule has 2 heterocycles. The van der Waals surface area contributed by atoms with Crippen LogP contribution >= 0.6 is 0 Å². The van der Waals surface area contributed by atoms with E-state index in [4.69, 9.17) is 26.7 Å². The molecule has 6 N–H and O–H groups in total. The maximum Gasteiger partial charge on any atom is 0.414 e. The van der Waals surface area contributed by atoms with Crippen LogP contribution in [-0.4, -0.2) is 50.8 Å². The Morgan fingerprint density at radius 2 is 1.91 bits per heavy atom. The predicted octanol–water partition coefficient (Wildman–Crippen LogP) is -0.483. The van der Waals surface area contributed by atoms with Gasteiger partial charge in [0.05, 0.1) is 31.1 Å². The molecule has 2 aliphatic heterocycles. The Kier molecular flexibility index (Phi) is 4.11. The highest BCUT2D eigenvalue weighted by Crippen LogP contribution is 2.28. The summed E-state index contributed by atoms with van der Waals surface area (Å²) in [6.07, 6.45) is -1.52. The third-order valence-corrected chi connectivity index (χ3v) is 3.96.